The number of benzene rings is 3. The van der Waals surface area contributed by atoms with Crippen molar-refractivity contribution in [2.45, 2.75) is 19.9 Å². The molecule has 1 aliphatic heterocycles. The Kier molecular flexibility index (Phi) is 6.25. The molecule has 1 amide bonds. The van der Waals surface area contributed by atoms with Crippen LogP contribution in [0, 0.1) is 0 Å². The maximum Gasteiger partial charge on any atom is 0.255 e. The molecular formula is C24H26N2O4S. The lowest BCUT2D eigenvalue weighted by Crippen LogP contribution is -2.40. The Hall–Kier alpha value is -2.90. The van der Waals surface area contributed by atoms with E-state index in [9.17, 15) is 13.2 Å². The zero-order chi connectivity index (χ0) is 21.8. The predicted molar refractivity (Wildman–Crippen MR) is 122 cm³/mol. The van der Waals surface area contributed by atoms with Gasteiger partial charge in [0.15, 0.2) is 0 Å². The molecule has 3 aromatic rings. The van der Waals surface area contributed by atoms with Gasteiger partial charge in [0, 0.05) is 19.6 Å². The highest BCUT2D eigenvalue weighted by atomic mass is 32.2. The Balaban J connectivity index is 1.45. The maximum atomic E-state index is 13.0. The van der Waals surface area contributed by atoms with Gasteiger partial charge in [-0.15, -0.1) is 0 Å². The van der Waals surface area contributed by atoms with Crippen molar-refractivity contribution >= 4 is 26.7 Å². The second-order valence-corrected chi connectivity index (χ2v) is 9.61. The first-order valence-corrected chi connectivity index (χ1v) is 12.1. The molecule has 0 bridgehead atoms. The highest BCUT2D eigenvalue weighted by molar-refractivity contribution is 7.89. The molecule has 0 fully saturated rings. The Labute approximate surface area is 182 Å². The molecule has 0 saturated heterocycles. The van der Waals surface area contributed by atoms with Crippen molar-refractivity contribution in [3.8, 4) is 5.75 Å². The van der Waals surface area contributed by atoms with Crippen LogP contribution < -0.4 is 10.1 Å². The van der Waals surface area contributed by atoms with Crippen LogP contribution >= 0.6 is 0 Å². The summed E-state index contributed by atoms with van der Waals surface area (Å²) in [5, 5.41) is 4.49. The molecule has 0 aromatic heterocycles. The summed E-state index contributed by atoms with van der Waals surface area (Å²) >= 11 is 0. The van der Waals surface area contributed by atoms with Crippen molar-refractivity contribution in [2.75, 3.05) is 25.4 Å². The number of hydrogen-bond donors (Lipinski definition) is 1. The van der Waals surface area contributed by atoms with E-state index in [-0.39, 0.29) is 18.2 Å². The SMILES string of the molecule is CCOc1ccc2ccccc2c1C(=O)NCCS(=O)(=O)N1CCc2ccccc2C1. The van der Waals surface area contributed by atoms with Crippen molar-refractivity contribution in [1.29, 1.82) is 0 Å². The summed E-state index contributed by atoms with van der Waals surface area (Å²) in [5.41, 5.74) is 2.67. The first-order chi connectivity index (χ1) is 15.0. The van der Waals surface area contributed by atoms with Crippen LogP contribution in [-0.2, 0) is 23.0 Å². The number of ether oxygens (including phenoxy) is 1. The minimum atomic E-state index is -3.48. The van der Waals surface area contributed by atoms with Crippen molar-refractivity contribution in [3.05, 3.63) is 77.4 Å². The second kappa shape index (κ2) is 9.08. The number of nitrogens with one attached hydrogen (secondary N) is 1. The van der Waals surface area contributed by atoms with E-state index in [1.54, 1.807) is 6.07 Å². The largest absolute Gasteiger partial charge is 0.493 e. The number of nitrogens with zero attached hydrogens (tertiary/aromatic N) is 1. The standard InChI is InChI=1S/C24H26N2O4S/c1-2-30-22-12-11-19-8-5-6-10-21(19)23(22)24(27)25-14-16-31(28,29)26-15-13-18-7-3-4-9-20(18)17-26/h3-12H,2,13-17H2,1H3,(H,25,27). The number of rotatable bonds is 7. The number of sulfonamides is 1. The van der Waals surface area contributed by atoms with Crippen LogP contribution in [0.3, 0.4) is 0 Å². The van der Waals surface area contributed by atoms with Gasteiger partial charge >= 0.3 is 0 Å². The summed E-state index contributed by atoms with van der Waals surface area (Å²) in [5.74, 6) is 0.0176. The number of fused-ring (bicyclic) bond motifs is 2. The number of amides is 1. The molecule has 0 spiro atoms. The minimum Gasteiger partial charge on any atom is -0.493 e. The Bertz CT molecular complexity index is 1210. The average molecular weight is 439 g/mol. The van der Waals surface area contributed by atoms with E-state index in [2.05, 4.69) is 5.32 Å². The van der Waals surface area contributed by atoms with Crippen molar-refractivity contribution < 1.29 is 17.9 Å². The van der Waals surface area contributed by atoms with Gasteiger partial charge in [-0.05, 0) is 41.3 Å². The van der Waals surface area contributed by atoms with Crippen molar-refractivity contribution in [2.24, 2.45) is 0 Å². The minimum absolute atomic E-state index is 0.0358. The fraction of sp³-hybridized carbons (Fsp3) is 0.292. The van der Waals surface area contributed by atoms with E-state index in [1.165, 1.54) is 9.87 Å². The Morgan fingerprint density at radius 3 is 2.58 bits per heavy atom. The average Bonchev–Trinajstić information content (AvgIpc) is 2.78. The summed E-state index contributed by atoms with van der Waals surface area (Å²) in [4.78, 5) is 13.0. The van der Waals surface area contributed by atoms with Gasteiger partial charge in [-0.1, -0.05) is 54.6 Å². The molecule has 0 aliphatic carbocycles. The van der Waals surface area contributed by atoms with E-state index < -0.39 is 10.0 Å². The number of hydrogen-bond acceptors (Lipinski definition) is 4. The fourth-order valence-corrected chi connectivity index (χ4v) is 5.30. The third-order valence-electron chi connectivity index (χ3n) is 5.55. The molecule has 4 rings (SSSR count). The zero-order valence-corrected chi connectivity index (χ0v) is 18.3. The van der Waals surface area contributed by atoms with Crippen LogP contribution in [-0.4, -0.2) is 44.1 Å². The second-order valence-electron chi connectivity index (χ2n) is 7.52. The van der Waals surface area contributed by atoms with Gasteiger partial charge in [0.25, 0.3) is 5.91 Å². The summed E-state index contributed by atoms with van der Waals surface area (Å²) in [7, 11) is -3.48. The monoisotopic (exact) mass is 438 g/mol. The lowest BCUT2D eigenvalue weighted by molar-refractivity contribution is 0.0954. The molecule has 0 unspecified atom stereocenters. The normalized spacial score (nSPS) is 14.2. The van der Waals surface area contributed by atoms with E-state index in [0.717, 1.165) is 16.3 Å². The molecular weight excluding hydrogens is 412 g/mol. The molecule has 0 atom stereocenters. The highest BCUT2D eigenvalue weighted by Crippen LogP contribution is 2.28. The molecule has 1 aliphatic rings. The fourth-order valence-electron chi connectivity index (χ4n) is 3.98. The van der Waals surface area contributed by atoms with Crippen molar-refractivity contribution in [1.82, 2.24) is 9.62 Å². The quantitative estimate of drug-likeness (QED) is 0.614. The third-order valence-corrected chi connectivity index (χ3v) is 7.37. The van der Waals surface area contributed by atoms with Crippen LogP contribution in [0.5, 0.6) is 5.75 Å². The van der Waals surface area contributed by atoms with Crippen LogP contribution in [0.1, 0.15) is 28.4 Å². The highest BCUT2D eigenvalue weighted by Gasteiger charge is 2.26. The molecule has 6 nitrogen and oxygen atoms in total. The predicted octanol–water partition coefficient (Wildman–Crippen LogP) is 3.36. The topological polar surface area (TPSA) is 75.7 Å². The molecule has 0 saturated carbocycles. The van der Waals surface area contributed by atoms with E-state index in [1.807, 2.05) is 61.5 Å². The molecule has 1 N–H and O–H groups in total. The molecule has 1 heterocycles. The van der Waals surface area contributed by atoms with Gasteiger partial charge in [0.05, 0.1) is 17.9 Å². The van der Waals surface area contributed by atoms with Crippen molar-refractivity contribution in [3.63, 3.8) is 0 Å². The number of carbonyl (C=O) groups is 1. The molecule has 162 valence electrons. The molecule has 7 heteroatoms. The van der Waals surface area contributed by atoms with E-state index >= 15 is 0 Å². The van der Waals surface area contributed by atoms with Gasteiger partial charge in [-0.2, -0.15) is 4.31 Å². The molecule has 31 heavy (non-hydrogen) atoms. The first-order valence-electron chi connectivity index (χ1n) is 10.5. The van der Waals surface area contributed by atoms with Crippen LogP contribution in [0.2, 0.25) is 0 Å². The molecule has 3 aromatic carbocycles. The maximum absolute atomic E-state index is 13.0. The van der Waals surface area contributed by atoms with E-state index in [0.29, 0.717) is 37.4 Å². The first kappa shape index (κ1) is 21.3. The summed E-state index contributed by atoms with van der Waals surface area (Å²) in [6.07, 6.45) is 0.704. The van der Waals surface area contributed by atoms with E-state index in [4.69, 9.17) is 4.74 Å². The van der Waals surface area contributed by atoms with Crippen LogP contribution in [0.4, 0.5) is 0 Å². The third kappa shape index (κ3) is 4.57. The smallest absolute Gasteiger partial charge is 0.255 e. The summed E-state index contributed by atoms with van der Waals surface area (Å²) in [6, 6.07) is 19.2. The molecule has 0 radical (unpaired) electrons. The van der Waals surface area contributed by atoms with Gasteiger partial charge < -0.3 is 10.1 Å². The Morgan fingerprint density at radius 1 is 1.03 bits per heavy atom. The van der Waals surface area contributed by atoms with Crippen LogP contribution in [0.15, 0.2) is 60.7 Å². The van der Waals surface area contributed by atoms with Crippen LogP contribution in [0.25, 0.3) is 10.8 Å². The lowest BCUT2D eigenvalue weighted by Gasteiger charge is -2.28. The number of carbonyl (C=O) groups excluding carboxylic acids is 1. The lowest BCUT2D eigenvalue weighted by atomic mass is 10.0. The Morgan fingerprint density at radius 2 is 1.77 bits per heavy atom. The van der Waals surface area contributed by atoms with Gasteiger partial charge in [0.2, 0.25) is 10.0 Å². The zero-order valence-electron chi connectivity index (χ0n) is 17.5. The summed E-state index contributed by atoms with van der Waals surface area (Å²) in [6.45, 7) is 3.17. The summed E-state index contributed by atoms with van der Waals surface area (Å²) < 4.78 is 32.8. The van der Waals surface area contributed by atoms with Gasteiger partial charge in [-0.3, -0.25) is 4.79 Å². The van der Waals surface area contributed by atoms with Gasteiger partial charge in [-0.25, -0.2) is 8.42 Å². The van der Waals surface area contributed by atoms with Gasteiger partial charge in [0.1, 0.15) is 5.75 Å².